The third-order valence-electron chi connectivity index (χ3n) is 5.41. The topological polar surface area (TPSA) is 77.1 Å². The Labute approximate surface area is 178 Å². The predicted octanol–water partition coefficient (Wildman–Crippen LogP) is 4.59. The normalized spacial score (nSPS) is 14.8. The molecule has 3 aromatic rings. The SMILES string of the molecule is N#Cc1ccc2nc(COC3CCC(=O)CC3)n(Cc3ccccc3OC(F)F)c2c1. The van der Waals surface area contributed by atoms with Crippen molar-refractivity contribution in [1.82, 2.24) is 9.55 Å². The van der Waals surface area contributed by atoms with Gasteiger partial charge in [0.1, 0.15) is 24.0 Å². The van der Waals surface area contributed by atoms with Crippen LogP contribution in [0.15, 0.2) is 42.5 Å². The van der Waals surface area contributed by atoms with E-state index in [1.165, 1.54) is 6.07 Å². The van der Waals surface area contributed by atoms with E-state index in [-0.39, 0.29) is 30.8 Å². The van der Waals surface area contributed by atoms with Gasteiger partial charge in [-0.25, -0.2) is 4.98 Å². The Morgan fingerprint density at radius 3 is 2.71 bits per heavy atom. The number of carbonyl (C=O) groups is 1. The Morgan fingerprint density at radius 2 is 1.97 bits per heavy atom. The molecule has 0 amide bonds. The maximum atomic E-state index is 12.8. The first-order valence-corrected chi connectivity index (χ1v) is 10.1. The van der Waals surface area contributed by atoms with Gasteiger partial charge < -0.3 is 14.0 Å². The van der Waals surface area contributed by atoms with Crippen molar-refractivity contribution in [2.45, 2.75) is 51.6 Å². The van der Waals surface area contributed by atoms with Gasteiger partial charge >= 0.3 is 6.61 Å². The summed E-state index contributed by atoms with van der Waals surface area (Å²) >= 11 is 0. The van der Waals surface area contributed by atoms with E-state index >= 15 is 0 Å². The summed E-state index contributed by atoms with van der Waals surface area (Å²) in [6.07, 6.45) is 2.39. The molecule has 0 aliphatic heterocycles. The van der Waals surface area contributed by atoms with Crippen LogP contribution in [0.4, 0.5) is 8.78 Å². The third kappa shape index (κ3) is 4.89. The maximum absolute atomic E-state index is 12.8. The number of hydrogen-bond acceptors (Lipinski definition) is 5. The van der Waals surface area contributed by atoms with Crippen LogP contribution >= 0.6 is 0 Å². The summed E-state index contributed by atoms with van der Waals surface area (Å²) in [4.78, 5) is 16.1. The smallest absolute Gasteiger partial charge is 0.387 e. The van der Waals surface area contributed by atoms with Crippen LogP contribution in [0.25, 0.3) is 11.0 Å². The number of carbonyl (C=O) groups excluding carboxylic acids is 1. The van der Waals surface area contributed by atoms with Gasteiger partial charge in [0.05, 0.1) is 35.3 Å². The van der Waals surface area contributed by atoms with Crippen LogP contribution in [0.3, 0.4) is 0 Å². The Morgan fingerprint density at radius 1 is 1.19 bits per heavy atom. The molecule has 31 heavy (non-hydrogen) atoms. The van der Waals surface area contributed by atoms with Crippen LogP contribution in [0.2, 0.25) is 0 Å². The van der Waals surface area contributed by atoms with E-state index in [9.17, 15) is 18.8 Å². The van der Waals surface area contributed by atoms with Crippen LogP contribution in [-0.4, -0.2) is 28.0 Å². The second-order valence-corrected chi connectivity index (χ2v) is 7.46. The van der Waals surface area contributed by atoms with E-state index in [2.05, 4.69) is 15.8 Å². The van der Waals surface area contributed by atoms with Gasteiger partial charge in [-0.1, -0.05) is 18.2 Å². The number of aromatic nitrogens is 2. The van der Waals surface area contributed by atoms with Crippen molar-refractivity contribution in [3.8, 4) is 11.8 Å². The van der Waals surface area contributed by atoms with Crippen LogP contribution < -0.4 is 4.74 Å². The van der Waals surface area contributed by atoms with E-state index < -0.39 is 6.61 Å². The maximum Gasteiger partial charge on any atom is 0.387 e. The first-order chi connectivity index (χ1) is 15.0. The van der Waals surface area contributed by atoms with E-state index in [0.29, 0.717) is 53.7 Å². The quantitative estimate of drug-likeness (QED) is 0.554. The molecule has 1 aliphatic rings. The summed E-state index contributed by atoms with van der Waals surface area (Å²) in [7, 11) is 0. The van der Waals surface area contributed by atoms with Crippen molar-refractivity contribution in [2.75, 3.05) is 0 Å². The highest BCUT2D eigenvalue weighted by Crippen LogP contribution is 2.26. The van der Waals surface area contributed by atoms with Crippen molar-refractivity contribution in [3.63, 3.8) is 0 Å². The number of imidazole rings is 1. The largest absolute Gasteiger partial charge is 0.434 e. The van der Waals surface area contributed by atoms with E-state index in [4.69, 9.17) is 4.74 Å². The molecule has 0 unspecified atom stereocenters. The van der Waals surface area contributed by atoms with Gasteiger partial charge in [-0.05, 0) is 37.1 Å². The Balaban J connectivity index is 1.66. The fraction of sp³-hybridized carbons (Fsp3) is 0.348. The minimum absolute atomic E-state index is 0.0184. The molecule has 1 saturated carbocycles. The van der Waals surface area contributed by atoms with Gasteiger partial charge in [-0.15, -0.1) is 0 Å². The second kappa shape index (κ2) is 9.23. The molecule has 0 spiro atoms. The average molecular weight is 425 g/mol. The van der Waals surface area contributed by atoms with E-state index in [1.807, 2.05) is 4.57 Å². The molecule has 2 aromatic carbocycles. The van der Waals surface area contributed by atoms with Gasteiger partial charge in [0, 0.05) is 18.4 Å². The summed E-state index contributed by atoms with van der Waals surface area (Å²) in [5.74, 6) is 0.967. The van der Waals surface area contributed by atoms with Crippen LogP contribution in [0, 0.1) is 11.3 Å². The number of halogens is 2. The molecule has 0 atom stereocenters. The number of nitriles is 1. The van der Waals surface area contributed by atoms with Gasteiger partial charge in [0.15, 0.2) is 0 Å². The molecule has 0 N–H and O–H groups in total. The first-order valence-electron chi connectivity index (χ1n) is 10.1. The lowest BCUT2D eigenvalue weighted by Crippen LogP contribution is -2.22. The van der Waals surface area contributed by atoms with Crippen LogP contribution in [-0.2, 0) is 22.7 Å². The zero-order valence-electron chi connectivity index (χ0n) is 16.8. The Kier molecular flexibility index (Phi) is 6.23. The molecule has 160 valence electrons. The monoisotopic (exact) mass is 425 g/mol. The van der Waals surface area contributed by atoms with Crippen molar-refractivity contribution < 1.29 is 23.0 Å². The molecule has 0 saturated heterocycles. The second-order valence-electron chi connectivity index (χ2n) is 7.46. The molecule has 4 rings (SSSR count). The summed E-state index contributed by atoms with van der Waals surface area (Å²) in [6.45, 7) is -2.48. The van der Waals surface area contributed by atoms with Crippen LogP contribution in [0.1, 0.15) is 42.6 Å². The zero-order chi connectivity index (χ0) is 21.8. The zero-order valence-corrected chi connectivity index (χ0v) is 16.8. The molecule has 0 bridgehead atoms. The van der Waals surface area contributed by atoms with Gasteiger partial charge in [0.2, 0.25) is 0 Å². The number of rotatable bonds is 7. The lowest BCUT2D eigenvalue weighted by Gasteiger charge is -2.21. The Hall–Kier alpha value is -3.31. The fourth-order valence-corrected chi connectivity index (χ4v) is 3.82. The first kappa shape index (κ1) is 20.9. The summed E-state index contributed by atoms with van der Waals surface area (Å²) < 4.78 is 38.2. The number of nitrogens with zero attached hydrogens (tertiary/aromatic N) is 3. The summed E-state index contributed by atoms with van der Waals surface area (Å²) in [5.41, 5.74) is 2.44. The molecule has 1 heterocycles. The number of para-hydroxylation sites is 1. The minimum Gasteiger partial charge on any atom is -0.434 e. The van der Waals surface area contributed by atoms with Gasteiger partial charge in [0.25, 0.3) is 0 Å². The molecule has 1 aromatic heterocycles. The highest BCUT2D eigenvalue weighted by atomic mass is 19.3. The number of ether oxygens (including phenoxy) is 2. The molecule has 0 radical (unpaired) electrons. The molecule has 1 aliphatic carbocycles. The van der Waals surface area contributed by atoms with Crippen molar-refractivity contribution in [1.29, 1.82) is 5.26 Å². The fourth-order valence-electron chi connectivity index (χ4n) is 3.82. The van der Waals surface area contributed by atoms with Crippen molar-refractivity contribution in [3.05, 3.63) is 59.4 Å². The molecular formula is C23H21F2N3O3. The minimum atomic E-state index is -2.93. The molecule has 1 fully saturated rings. The van der Waals surface area contributed by atoms with Crippen molar-refractivity contribution >= 4 is 16.8 Å². The molecular weight excluding hydrogens is 404 g/mol. The summed E-state index contributed by atoms with van der Waals surface area (Å²) in [5, 5.41) is 9.29. The number of hydrogen-bond donors (Lipinski definition) is 0. The van der Waals surface area contributed by atoms with E-state index in [1.54, 1.807) is 36.4 Å². The van der Waals surface area contributed by atoms with Gasteiger partial charge in [-0.2, -0.15) is 14.0 Å². The molecule has 6 nitrogen and oxygen atoms in total. The number of ketones is 1. The number of fused-ring (bicyclic) bond motifs is 1. The van der Waals surface area contributed by atoms with E-state index in [0.717, 1.165) is 0 Å². The predicted molar refractivity (Wildman–Crippen MR) is 109 cm³/mol. The van der Waals surface area contributed by atoms with Crippen molar-refractivity contribution in [2.24, 2.45) is 0 Å². The van der Waals surface area contributed by atoms with Crippen LogP contribution in [0.5, 0.6) is 5.75 Å². The Bertz CT molecular complexity index is 1130. The summed E-state index contributed by atoms with van der Waals surface area (Å²) in [6, 6.07) is 13.9. The highest BCUT2D eigenvalue weighted by Gasteiger charge is 2.21. The lowest BCUT2D eigenvalue weighted by atomic mass is 9.96. The molecule has 8 heteroatoms. The third-order valence-corrected chi connectivity index (χ3v) is 5.41. The standard InChI is InChI=1S/C23H21F2N3O3/c24-23(25)31-21-4-2-1-3-16(21)13-28-20-11-15(12-26)5-10-19(20)27-22(28)14-30-18-8-6-17(29)7-9-18/h1-5,10-11,18,23H,6-9,13-14H2. The number of alkyl halides is 2. The average Bonchev–Trinajstić information content (AvgIpc) is 3.11. The van der Waals surface area contributed by atoms with Gasteiger partial charge in [-0.3, -0.25) is 4.79 Å². The number of benzene rings is 2. The number of Topliss-reactive ketones (excluding diaryl/α,β-unsaturated/α-hetero) is 1. The lowest BCUT2D eigenvalue weighted by molar-refractivity contribution is -0.123. The highest BCUT2D eigenvalue weighted by molar-refractivity contribution is 5.79.